The minimum absolute atomic E-state index is 0.0176. The van der Waals surface area contributed by atoms with Crippen molar-refractivity contribution in [2.24, 2.45) is 0 Å². The molecule has 174 valence electrons. The first kappa shape index (κ1) is 24.2. The summed E-state index contributed by atoms with van der Waals surface area (Å²) >= 11 is 0. The summed E-state index contributed by atoms with van der Waals surface area (Å²) in [4.78, 5) is 11.3. The lowest BCUT2D eigenvalue weighted by Crippen LogP contribution is -2.38. The first-order valence-electron chi connectivity index (χ1n) is 10.5. The number of nitrogens with one attached hydrogen (secondary N) is 1. The zero-order chi connectivity index (χ0) is 24.0. The number of alkyl halides is 2. The van der Waals surface area contributed by atoms with Crippen LogP contribution in [0.3, 0.4) is 0 Å². The number of hydrogen-bond acceptors (Lipinski definition) is 4. The minimum Gasteiger partial charge on any atom is -0.478 e. The predicted molar refractivity (Wildman–Crippen MR) is 122 cm³/mol. The van der Waals surface area contributed by atoms with Crippen molar-refractivity contribution < 1.29 is 28.2 Å². The zero-order valence-electron chi connectivity index (χ0n) is 18.8. The van der Waals surface area contributed by atoms with Gasteiger partial charge >= 0.3 is 5.97 Å². The fourth-order valence-corrected chi connectivity index (χ4v) is 3.11. The van der Waals surface area contributed by atoms with Gasteiger partial charge in [0.1, 0.15) is 17.2 Å². The molecule has 0 aliphatic heterocycles. The molecule has 3 aromatic carbocycles. The van der Waals surface area contributed by atoms with Gasteiger partial charge in [0.25, 0.3) is 6.43 Å². The fraction of sp³-hybridized carbons (Fsp3) is 0.269. The summed E-state index contributed by atoms with van der Waals surface area (Å²) in [6.45, 7) is 5.97. The molecule has 5 nitrogen and oxygen atoms in total. The summed E-state index contributed by atoms with van der Waals surface area (Å²) in [6, 6.07) is 19.1. The number of carbonyl (C=O) groups is 1. The first-order chi connectivity index (χ1) is 15.6. The van der Waals surface area contributed by atoms with Crippen LogP contribution in [0.25, 0.3) is 0 Å². The quantitative estimate of drug-likeness (QED) is 0.378. The van der Waals surface area contributed by atoms with E-state index in [0.29, 0.717) is 30.3 Å². The molecule has 0 atom stereocenters. The normalized spacial score (nSPS) is 11.5. The van der Waals surface area contributed by atoms with E-state index in [1.54, 1.807) is 30.3 Å². The molecule has 0 amide bonds. The molecule has 0 saturated heterocycles. The van der Waals surface area contributed by atoms with Crippen LogP contribution in [0.1, 0.15) is 42.5 Å². The summed E-state index contributed by atoms with van der Waals surface area (Å²) in [6.07, 6.45) is -2.46. The van der Waals surface area contributed by atoms with Crippen molar-refractivity contribution in [1.82, 2.24) is 5.32 Å². The zero-order valence-corrected chi connectivity index (χ0v) is 18.8. The second kappa shape index (κ2) is 10.4. The van der Waals surface area contributed by atoms with Gasteiger partial charge in [-0.1, -0.05) is 36.4 Å². The smallest absolute Gasteiger partial charge is 0.347 e. The van der Waals surface area contributed by atoms with E-state index in [4.69, 9.17) is 9.47 Å². The van der Waals surface area contributed by atoms with Gasteiger partial charge in [0.05, 0.1) is 0 Å². The SMILES string of the molecule is Cc1cc(Oc2cccc(CNCc3ccc(C(F)F)cc3)c2)ccc1OC(C)(C)C(=O)O. The maximum Gasteiger partial charge on any atom is 0.347 e. The van der Waals surface area contributed by atoms with E-state index in [1.165, 1.54) is 26.0 Å². The van der Waals surface area contributed by atoms with Gasteiger partial charge in [-0.2, -0.15) is 0 Å². The van der Waals surface area contributed by atoms with Crippen LogP contribution in [0.5, 0.6) is 17.2 Å². The Bertz CT molecular complexity index is 1100. The largest absolute Gasteiger partial charge is 0.478 e. The van der Waals surface area contributed by atoms with Crippen molar-refractivity contribution in [3.05, 3.63) is 89.0 Å². The van der Waals surface area contributed by atoms with Crippen molar-refractivity contribution in [1.29, 1.82) is 0 Å². The van der Waals surface area contributed by atoms with Gasteiger partial charge < -0.3 is 19.9 Å². The van der Waals surface area contributed by atoms with E-state index in [1.807, 2.05) is 31.2 Å². The molecule has 3 aromatic rings. The van der Waals surface area contributed by atoms with Gasteiger partial charge in [0, 0.05) is 18.7 Å². The number of benzene rings is 3. The number of rotatable bonds is 10. The van der Waals surface area contributed by atoms with E-state index in [9.17, 15) is 18.7 Å². The molecular weight excluding hydrogens is 428 g/mol. The second-order valence-electron chi connectivity index (χ2n) is 8.24. The maximum atomic E-state index is 12.6. The Kier molecular flexibility index (Phi) is 7.66. The van der Waals surface area contributed by atoms with Gasteiger partial charge in [-0.25, -0.2) is 13.6 Å². The van der Waals surface area contributed by atoms with E-state index in [0.717, 1.165) is 16.7 Å². The standard InChI is InChI=1S/C26H27F2NO4/c1-17-13-22(11-12-23(17)33-26(2,3)25(30)31)32-21-6-4-5-19(14-21)16-29-15-18-7-9-20(10-8-18)24(27)28/h4-14,24,29H,15-16H2,1-3H3,(H,30,31). The van der Waals surface area contributed by atoms with Crippen LogP contribution in [-0.4, -0.2) is 16.7 Å². The van der Waals surface area contributed by atoms with Crippen LogP contribution in [0.2, 0.25) is 0 Å². The molecule has 2 N–H and O–H groups in total. The first-order valence-corrected chi connectivity index (χ1v) is 10.5. The molecule has 0 saturated carbocycles. The predicted octanol–water partition coefficient (Wildman–Crippen LogP) is 6.26. The molecule has 33 heavy (non-hydrogen) atoms. The fourth-order valence-electron chi connectivity index (χ4n) is 3.11. The summed E-state index contributed by atoms with van der Waals surface area (Å²) in [5, 5.41) is 12.5. The van der Waals surface area contributed by atoms with E-state index in [-0.39, 0.29) is 5.56 Å². The van der Waals surface area contributed by atoms with Crippen molar-refractivity contribution in [3.63, 3.8) is 0 Å². The average molecular weight is 456 g/mol. The number of hydrogen-bond donors (Lipinski definition) is 2. The van der Waals surface area contributed by atoms with Crippen LogP contribution >= 0.6 is 0 Å². The van der Waals surface area contributed by atoms with Gasteiger partial charge in [-0.15, -0.1) is 0 Å². The Morgan fingerprint density at radius 2 is 1.64 bits per heavy atom. The number of aliphatic carboxylic acids is 1. The van der Waals surface area contributed by atoms with Gasteiger partial charge in [-0.05, 0) is 67.8 Å². The molecule has 0 fully saturated rings. The lowest BCUT2D eigenvalue weighted by Gasteiger charge is -2.23. The molecule has 0 aliphatic carbocycles. The molecule has 0 heterocycles. The highest BCUT2D eigenvalue weighted by molar-refractivity contribution is 5.76. The number of carboxylic acids is 1. The highest BCUT2D eigenvalue weighted by atomic mass is 19.3. The molecule has 3 rings (SSSR count). The molecule has 0 aromatic heterocycles. The third kappa shape index (κ3) is 6.76. The molecule has 0 spiro atoms. The molecule has 7 heteroatoms. The number of aryl methyl sites for hydroxylation is 1. The maximum absolute atomic E-state index is 12.6. The molecule has 0 unspecified atom stereocenters. The Hall–Kier alpha value is -3.45. The third-order valence-corrected chi connectivity index (χ3v) is 5.05. The molecule has 0 aliphatic rings. The molecule has 0 radical (unpaired) electrons. The van der Waals surface area contributed by atoms with Gasteiger partial charge in [0.2, 0.25) is 0 Å². The summed E-state index contributed by atoms with van der Waals surface area (Å²) in [5.74, 6) is 0.707. The Balaban J connectivity index is 1.58. The van der Waals surface area contributed by atoms with Crippen LogP contribution in [0, 0.1) is 6.92 Å². The van der Waals surface area contributed by atoms with Crippen molar-refractivity contribution >= 4 is 5.97 Å². The topological polar surface area (TPSA) is 67.8 Å². The summed E-state index contributed by atoms with van der Waals surface area (Å²) in [7, 11) is 0. The van der Waals surface area contributed by atoms with E-state index < -0.39 is 18.0 Å². The number of halogens is 2. The average Bonchev–Trinajstić information content (AvgIpc) is 2.76. The summed E-state index contributed by atoms with van der Waals surface area (Å²) < 4.78 is 36.9. The third-order valence-electron chi connectivity index (χ3n) is 5.05. The minimum atomic E-state index is -2.46. The second-order valence-corrected chi connectivity index (χ2v) is 8.24. The Morgan fingerprint density at radius 3 is 2.27 bits per heavy atom. The lowest BCUT2D eigenvalue weighted by molar-refractivity contribution is -0.152. The van der Waals surface area contributed by atoms with Gasteiger partial charge in [0.15, 0.2) is 5.60 Å². The number of carboxylic acid groups (broad SMARTS) is 1. The highest BCUT2D eigenvalue weighted by Gasteiger charge is 2.29. The van der Waals surface area contributed by atoms with Crippen LogP contribution in [0.4, 0.5) is 8.78 Å². The summed E-state index contributed by atoms with van der Waals surface area (Å²) in [5.41, 5.74) is 1.38. The van der Waals surface area contributed by atoms with Gasteiger partial charge in [-0.3, -0.25) is 0 Å². The van der Waals surface area contributed by atoms with Crippen LogP contribution < -0.4 is 14.8 Å². The van der Waals surface area contributed by atoms with E-state index in [2.05, 4.69) is 5.32 Å². The lowest BCUT2D eigenvalue weighted by atomic mass is 10.1. The molecule has 0 bridgehead atoms. The monoisotopic (exact) mass is 455 g/mol. The van der Waals surface area contributed by atoms with Crippen LogP contribution in [0.15, 0.2) is 66.7 Å². The van der Waals surface area contributed by atoms with Crippen molar-refractivity contribution in [2.75, 3.05) is 0 Å². The van der Waals surface area contributed by atoms with Crippen molar-refractivity contribution in [2.45, 2.75) is 45.9 Å². The van der Waals surface area contributed by atoms with Crippen molar-refractivity contribution in [3.8, 4) is 17.2 Å². The highest BCUT2D eigenvalue weighted by Crippen LogP contribution is 2.30. The molecular formula is C26H27F2NO4. The Morgan fingerprint density at radius 1 is 0.970 bits per heavy atom. The number of ether oxygens (including phenoxy) is 2. The Labute approximate surface area is 192 Å². The van der Waals surface area contributed by atoms with E-state index >= 15 is 0 Å². The van der Waals surface area contributed by atoms with Crippen LogP contribution in [-0.2, 0) is 17.9 Å².